The number of ether oxygens (including phenoxy) is 1. The van der Waals surface area contributed by atoms with Gasteiger partial charge in [-0.1, -0.05) is 24.3 Å². The van der Waals surface area contributed by atoms with Crippen molar-refractivity contribution in [3.8, 4) is 17.4 Å². The molecule has 0 unspecified atom stereocenters. The van der Waals surface area contributed by atoms with Gasteiger partial charge >= 0.3 is 0 Å². The van der Waals surface area contributed by atoms with Gasteiger partial charge in [-0.15, -0.1) is 0 Å². The Bertz CT molecular complexity index is 736. The number of benzene rings is 2. The Morgan fingerprint density at radius 3 is 2.74 bits per heavy atom. The molecule has 0 amide bonds. The Labute approximate surface area is 110 Å². The van der Waals surface area contributed by atoms with Crippen molar-refractivity contribution in [3.63, 3.8) is 0 Å². The van der Waals surface area contributed by atoms with Gasteiger partial charge in [0, 0.05) is 11.6 Å². The zero-order chi connectivity index (χ0) is 13.2. The van der Waals surface area contributed by atoms with E-state index in [1.165, 1.54) is 6.07 Å². The molecule has 1 heterocycles. The number of aromatic nitrogens is 1. The molecule has 0 radical (unpaired) electrons. The SMILES string of the molecule is Nc1c(O)cccc1Oc1nccc2ccccc12. The second-order valence-electron chi connectivity index (χ2n) is 4.13. The molecule has 4 nitrogen and oxygen atoms in total. The third-order valence-electron chi connectivity index (χ3n) is 2.89. The second kappa shape index (κ2) is 4.49. The fourth-order valence-corrected chi connectivity index (χ4v) is 1.90. The van der Waals surface area contributed by atoms with Crippen LogP contribution in [0.4, 0.5) is 5.69 Å². The number of nitrogens with two attached hydrogens (primary N) is 1. The topological polar surface area (TPSA) is 68.4 Å². The molecule has 94 valence electrons. The summed E-state index contributed by atoms with van der Waals surface area (Å²) < 4.78 is 5.71. The summed E-state index contributed by atoms with van der Waals surface area (Å²) in [6, 6.07) is 14.6. The van der Waals surface area contributed by atoms with Crippen molar-refractivity contribution < 1.29 is 9.84 Å². The summed E-state index contributed by atoms with van der Waals surface area (Å²) in [6.45, 7) is 0. The van der Waals surface area contributed by atoms with Gasteiger partial charge < -0.3 is 15.6 Å². The number of phenolic OH excluding ortho intramolecular Hbond substituents is 1. The van der Waals surface area contributed by atoms with Crippen molar-refractivity contribution in [2.75, 3.05) is 5.73 Å². The van der Waals surface area contributed by atoms with Gasteiger partial charge in [0.15, 0.2) is 5.75 Å². The molecule has 3 aromatic rings. The summed E-state index contributed by atoms with van der Waals surface area (Å²) in [5, 5.41) is 11.5. The Morgan fingerprint density at radius 1 is 1.00 bits per heavy atom. The summed E-state index contributed by atoms with van der Waals surface area (Å²) in [5.74, 6) is 0.858. The van der Waals surface area contributed by atoms with Crippen molar-refractivity contribution in [3.05, 3.63) is 54.7 Å². The number of rotatable bonds is 2. The molecule has 19 heavy (non-hydrogen) atoms. The fraction of sp³-hybridized carbons (Fsp3) is 0. The van der Waals surface area contributed by atoms with Crippen LogP contribution in [-0.4, -0.2) is 10.1 Å². The molecule has 0 aliphatic rings. The summed E-state index contributed by atoms with van der Waals surface area (Å²) in [7, 11) is 0. The largest absolute Gasteiger partial charge is 0.506 e. The zero-order valence-corrected chi connectivity index (χ0v) is 10.1. The molecule has 0 saturated carbocycles. The van der Waals surface area contributed by atoms with Gasteiger partial charge in [-0.05, 0) is 29.7 Å². The van der Waals surface area contributed by atoms with Crippen molar-refractivity contribution >= 4 is 16.5 Å². The summed E-state index contributed by atoms with van der Waals surface area (Å²) in [6.07, 6.45) is 1.68. The van der Waals surface area contributed by atoms with E-state index in [2.05, 4.69) is 4.98 Å². The molecule has 0 spiro atoms. The Hall–Kier alpha value is -2.75. The van der Waals surface area contributed by atoms with Crippen LogP contribution in [0, 0.1) is 0 Å². The van der Waals surface area contributed by atoms with E-state index in [1.54, 1.807) is 18.3 Å². The van der Waals surface area contributed by atoms with E-state index in [1.807, 2.05) is 30.3 Å². The highest BCUT2D eigenvalue weighted by atomic mass is 16.5. The highest BCUT2D eigenvalue weighted by Gasteiger charge is 2.09. The van der Waals surface area contributed by atoms with Crippen molar-refractivity contribution in [1.29, 1.82) is 0 Å². The first-order valence-electron chi connectivity index (χ1n) is 5.85. The Morgan fingerprint density at radius 2 is 1.84 bits per heavy atom. The predicted octanol–water partition coefficient (Wildman–Crippen LogP) is 3.31. The van der Waals surface area contributed by atoms with E-state index in [9.17, 15) is 5.11 Å². The monoisotopic (exact) mass is 252 g/mol. The minimum absolute atomic E-state index is 0.00210. The van der Waals surface area contributed by atoms with Crippen LogP contribution < -0.4 is 10.5 Å². The van der Waals surface area contributed by atoms with E-state index in [4.69, 9.17) is 10.5 Å². The number of nitrogens with zero attached hydrogens (tertiary/aromatic N) is 1. The number of aromatic hydroxyl groups is 1. The van der Waals surface area contributed by atoms with Gasteiger partial charge in [-0.25, -0.2) is 4.98 Å². The first-order valence-corrected chi connectivity index (χ1v) is 5.85. The van der Waals surface area contributed by atoms with E-state index in [0.29, 0.717) is 11.6 Å². The predicted molar refractivity (Wildman–Crippen MR) is 74.3 cm³/mol. The van der Waals surface area contributed by atoms with Crippen LogP contribution in [0.1, 0.15) is 0 Å². The molecule has 3 N–H and O–H groups in total. The number of hydrogen-bond donors (Lipinski definition) is 2. The Kier molecular flexibility index (Phi) is 2.68. The van der Waals surface area contributed by atoms with Gasteiger partial charge in [0.2, 0.25) is 5.88 Å². The lowest BCUT2D eigenvalue weighted by Gasteiger charge is -2.10. The fourth-order valence-electron chi connectivity index (χ4n) is 1.90. The number of phenols is 1. The maximum atomic E-state index is 9.57. The third kappa shape index (κ3) is 2.04. The zero-order valence-electron chi connectivity index (χ0n) is 10.1. The summed E-state index contributed by atoms with van der Waals surface area (Å²) in [5.41, 5.74) is 5.98. The number of anilines is 1. The quantitative estimate of drug-likeness (QED) is 0.542. The second-order valence-corrected chi connectivity index (χ2v) is 4.13. The summed E-state index contributed by atoms with van der Waals surface area (Å²) in [4.78, 5) is 4.21. The van der Waals surface area contributed by atoms with Gasteiger partial charge in [0.25, 0.3) is 0 Å². The van der Waals surface area contributed by atoms with Crippen molar-refractivity contribution in [2.24, 2.45) is 0 Å². The first-order chi connectivity index (χ1) is 9.25. The van der Waals surface area contributed by atoms with Gasteiger partial charge in [-0.2, -0.15) is 0 Å². The van der Waals surface area contributed by atoms with E-state index < -0.39 is 0 Å². The van der Waals surface area contributed by atoms with Gasteiger partial charge in [0.1, 0.15) is 11.4 Å². The molecule has 0 atom stereocenters. The number of fused-ring (bicyclic) bond motifs is 1. The van der Waals surface area contributed by atoms with Crippen LogP contribution in [0.3, 0.4) is 0 Å². The van der Waals surface area contributed by atoms with Crippen molar-refractivity contribution in [1.82, 2.24) is 4.98 Å². The highest BCUT2D eigenvalue weighted by Crippen LogP contribution is 2.35. The molecule has 1 aromatic heterocycles. The third-order valence-corrected chi connectivity index (χ3v) is 2.89. The number of nitrogen functional groups attached to an aromatic ring is 1. The molecule has 0 aliphatic carbocycles. The number of hydrogen-bond acceptors (Lipinski definition) is 4. The lowest BCUT2D eigenvalue weighted by molar-refractivity contribution is 0.453. The molecule has 0 bridgehead atoms. The van der Waals surface area contributed by atoms with Crippen LogP contribution >= 0.6 is 0 Å². The Balaban J connectivity index is 2.09. The van der Waals surface area contributed by atoms with Crippen LogP contribution in [-0.2, 0) is 0 Å². The smallest absolute Gasteiger partial charge is 0.227 e. The average Bonchev–Trinajstić information content (AvgIpc) is 2.44. The van der Waals surface area contributed by atoms with Crippen LogP contribution in [0.25, 0.3) is 10.8 Å². The first kappa shape index (κ1) is 11.3. The van der Waals surface area contributed by atoms with Crippen molar-refractivity contribution in [2.45, 2.75) is 0 Å². The minimum Gasteiger partial charge on any atom is -0.506 e. The number of pyridine rings is 1. The highest BCUT2D eigenvalue weighted by molar-refractivity contribution is 5.87. The molecule has 0 aliphatic heterocycles. The molecule has 3 rings (SSSR count). The van der Waals surface area contributed by atoms with Crippen LogP contribution in [0.15, 0.2) is 54.7 Å². The summed E-state index contributed by atoms with van der Waals surface area (Å²) >= 11 is 0. The maximum absolute atomic E-state index is 9.57. The van der Waals surface area contributed by atoms with Crippen LogP contribution in [0.5, 0.6) is 17.4 Å². The standard InChI is InChI=1S/C15H12N2O2/c16-14-12(18)6-3-7-13(14)19-15-11-5-2-1-4-10(11)8-9-17-15/h1-9,18H,16H2. The van der Waals surface area contributed by atoms with Gasteiger partial charge in [0.05, 0.1) is 0 Å². The minimum atomic E-state index is -0.00210. The lowest BCUT2D eigenvalue weighted by atomic mass is 10.2. The lowest BCUT2D eigenvalue weighted by Crippen LogP contribution is -1.94. The molecule has 0 fully saturated rings. The maximum Gasteiger partial charge on any atom is 0.227 e. The van der Waals surface area contributed by atoms with Gasteiger partial charge in [-0.3, -0.25) is 0 Å². The number of para-hydroxylation sites is 1. The normalized spacial score (nSPS) is 10.5. The molecule has 2 aromatic carbocycles. The van der Waals surface area contributed by atoms with Crippen LogP contribution in [0.2, 0.25) is 0 Å². The van der Waals surface area contributed by atoms with E-state index >= 15 is 0 Å². The molecular formula is C15H12N2O2. The molecule has 4 heteroatoms. The molecule has 0 saturated heterocycles. The van der Waals surface area contributed by atoms with E-state index in [-0.39, 0.29) is 11.4 Å². The van der Waals surface area contributed by atoms with E-state index in [0.717, 1.165) is 10.8 Å². The average molecular weight is 252 g/mol. The molecular weight excluding hydrogens is 240 g/mol.